The highest BCUT2D eigenvalue weighted by Gasteiger charge is 2.12. The molecule has 0 spiro atoms. The number of aryl methyl sites for hydroxylation is 1. The van der Waals surface area contributed by atoms with Gasteiger partial charge in [-0.3, -0.25) is 4.79 Å². The van der Waals surface area contributed by atoms with E-state index in [9.17, 15) is 9.18 Å². The number of hydrogen-bond acceptors (Lipinski definition) is 3. The summed E-state index contributed by atoms with van der Waals surface area (Å²) in [5, 5.41) is 2.89. The Morgan fingerprint density at radius 3 is 2.60 bits per heavy atom. The summed E-state index contributed by atoms with van der Waals surface area (Å²) in [4.78, 5) is 16.3. The SMILES string of the molecule is C[C@@H](NC(=O)CCc1ncc(-c2ccccc2)o1)c1ccc(F)cc1. The summed E-state index contributed by atoms with van der Waals surface area (Å²) in [5.74, 6) is 0.829. The van der Waals surface area contributed by atoms with Crippen LogP contribution in [0.3, 0.4) is 0 Å². The molecule has 0 aliphatic rings. The zero-order chi connectivity index (χ0) is 17.6. The smallest absolute Gasteiger partial charge is 0.220 e. The predicted octanol–water partition coefficient (Wildman–Crippen LogP) is 4.29. The minimum absolute atomic E-state index is 0.101. The van der Waals surface area contributed by atoms with Crippen LogP contribution in [0.5, 0.6) is 0 Å². The molecule has 0 radical (unpaired) electrons. The Hall–Kier alpha value is -2.95. The monoisotopic (exact) mass is 338 g/mol. The van der Waals surface area contributed by atoms with Gasteiger partial charge in [0.2, 0.25) is 5.91 Å². The molecule has 1 N–H and O–H groups in total. The summed E-state index contributed by atoms with van der Waals surface area (Å²) in [5.41, 5.74) is 1.81. The molecule has 2 aromatic carbocycles. The average molecular weight is 338 g/mol. The zero-order valence-electron chi connectivity index (χ0n) is 13.9. The number of benzene rings is 2. The summed E-state index contributed by atoms with van der Waals surface area (Å²) in [6.45, 7) is 1.86. The van der Waals surface area contributed by atoms with E-state index in [0.29, 0.717) is 18.1 Å². The number of aromatic nitrogens is 1. The van der Waals surface area contributed by atoms with Crippen LogP contribution in [0.2, 0.25) is 0 Å². The van der Waals surface area contributed by atoms with E-state index in [1.807, 2.05) is 37.3 Å². The van der Waals surface area contributed by atoms with E-state index in [1.165, 1.54) is 12.1 Å². The van der Waals surface area contributed by atoms with Crippen molar-refractivity contribution in [3.63, 3.8) is 0 Å². The van der Waals surface area contributed by atoms with Gasteiger partial charge in [0.1, 0.15) is 5.82 Å². The molecule has 25 heavy (non-hydrogen) atoms. The summed E-state index contributed by atoms with van der Waals surface area (Å²) < 4.78 is 18.6. The molecule has 1 heterocycles. The van der Waals surface area contributed by atoms with Crippen LogP contribution in [0.4, 0.5) is 4.39 Å². The Bertz CT molecular complexity index is 828. The zero-order valence-corrected chi connectivity index (χ0v) is 13.9. The highest BCUT2D eigenvalue weighted by atomic mass is 19.1. The van der Waals surface area contributed by atoms with Crippen molar-refractivity contribution in [3.05, 3.63) is 78.1 Å². The first kappa shape index (κ1) is 16.9. The van der Waals surface area contributed by atoms with Crippen LogP contribution in [-0.2, 0) is 11.2 Å². The average Bonchev–Trinajstić information content (AvgIpc) is 3.10. The van der Waals surface area contributed by atoms with Gasteiger partial charge in [0, 0.05) is 18.4 Å². The van der Waals surface area contributed by atoms with E-state index >= 15 is 0 Å². The molecule has 1 aromatic heterocycles. The van der Waals surface area contributed by atoms with Crippen LogP contribution in [0.25, 0.3) is 11.3 Å². The number of nitrogens with one attached hydrogen (secondary N) is 1. The molecule has 4 nitrogen and oxygen atoms in total. The number of oxazole rings is 1. The standard InChI is InChI=1S/C20H19FN2O2/c1-14(15-7-9-17(21)10-8-15)23-19(24)11-12-20-22-13-18(25-20)16-5-3-2-4-6-16/h2-10,13-14H,11-12H2,1H3,(H,23,24)/t14-/m1/s1. The van der Waals surface area contributed by atoms with Crippen LogP contribution >= 0.6 is 0 Å². The second-order valence-electron chi connectivity index (χ2n) is 5.83. The maximum atomic E-state index is 12.9. The van der Waals surface area contributed by atoms with Crippen LogP contribution in [0, 0.1) is 5.82 Å². The first-order valence-electron chi connectivity index (χ1n) is 8.17. The first-order chi connectivity index (χ1) is 12.1. The lowest BCUT2D eigenvalue weighted by Gasteiger charge is -2.14. The lowest BCUT2D eigenvalue weighted by atomic mass is 10.1. The molecule has 1 amide bonds. The van der Waals surface area contributed by atoms with E-state index < -0.39 is 0 Å². The summed E-state index contributed by atoms with van der Waals surface area (Å²) >= 11 is 0. The molecule has 3 aromatic rings. The van der Waals surface area contributed by atoms with Crippen molar-refractivity contribution in [3.8, 4) is 11.3 Å². The van der Waals surface area contributed by atoms with Gasteiger partial charge >= 0.3 is 0 Å². The van der Waals surface area contributed by atoms with Gasteiger partial charge in [0.15, 0.2) is 11.7 Å². The molecule has 1 atom stereocenters. The van der Waals surface area contributed by atoms with Gasteiger partial charge in [0.25, 0.3) is 0 Å². The van der Waals surface area contributed by atoms with Crippen molar-refractivity contribution in [2.75, 3.05) is 0 Å². The topological polar surface area (TPSA) is 55.1 Å². The molecular formula is C20H19FN2O2. The van der Waals surface area contributed by atoms with Crippen molar-refractivity contribution >= 4 is 5.91 Å². The predicted molar refractivity (Wildman–Crippen MR) is 93.2 cm³/mol. The summed E-state index contributed by atoms with van der Waals surface area (Å²) in [6.07, 6.45) is 2.37. The fourth-order valence-electron chi connectivity index (χ4n) is 2.53. The number of hydrogen-bond donors (Lipinski definition) is 1. The van der Waals surface area contributed by atoms with Crippen LogP contribution in [0.15, 0.2) is 65.2 Å². The number of carbonyl (C=O) groups excluding carboxylic acids is 1. The lowest BCUT2D eigenvalue weighted by molar-refractivity contribution is -0.121. The number of rotatable bonds is 6. The Balaban J connectivity index is 1.52. The molecule has 5 heteroatoms. The van der Waals surface area contributed by atoms with Crippen molar-refractivity contribution in [1.29, 1.82) is 0 Å². The number of halogens is 1. The molecule has 0 bridgehead atoms. The molecule has 0 unspecified atom stereocenters. The summed E-state index contributed by atoms with van der Waals surface area (Å²) in [7, 11) is 0. The Morgan fingerprint density at radius 2 is 1.88 bits per heavy atom. The third-order valence-corrected chi connectivity index (χ3v) is 3.93. The maximum Gasteiger partial charge on any atom is 0.220 e. The molecule has 128 valence electrons. The van der Waals surface area contributed by atoms with Crippen LogP contribution in [0.1, 0.15) is 30.8 Å². The quantitative estimate of drug-likeness (QED) is 0.729. The minimum Gasteiger partial charge on any atom is -0.441 e. The maximum absolute atomic E-state index is 12.9. The molecule has 3 rings (SSSR count). The summed E-state index contributed by atoms with van der Waals surface area (Å²) in [6, 6.07) is 15.6. The largest absolute Gasteiger partial charge is 0.441 e. The fourth-order valence-corrected chi connectivity index (χ4v) is 2.53. The van der Waals surface area contributed by atoms with Crippen LogP contribution < -0.4 is 5.32 Å². The highest BCUT2D eigenvalue weighted by molar-refractivity contribution is 5.76. The van der Waals surface area contributed by atoms with Gasteiger partial charge in [0.05, 0.1) is 12.2 Å². The van der Waals surface area contributed by atoms with Crippen LogP contribution in [-0.4, -0.2) is 10.9 Å². The highest BCUT2D eigenvalue weighted by Crippen LogP contribution is 2.20. The lowest BCUT2D eigenvalue weighted by Crippen LogP contribution is -2.26. The van der Waals surface area contributed by atoms with E-state index in [-0.39, 0.29) is 24.2 Å². The minimum atomic E-state index is -0.291. The van der Waals surface area contributed by atoms with Crippen molar-refractivity contribution in [2.24, 2.45) is 0 Å². The second-order valence-corrected chi connectivity index (χ2v) is 5.83. The van der Waals surface area contributed by atoms with Gasteiger partial charge in [-0.25, -0.2) is 9.37 Å². The van der Waals surface area contributed by atoms with E-state index in [0.717, 1.165) is 11.1 Å². The molecule has 0 aliphatic heterocycles. The van der Waals surface area contributed by atoms with Gasteiger partial charge in [-0.2, -0.15) is 0 Å². The van der Waals surface area contributed by atoms with E-state index in [2.05, 4.69) is 10.3 Å². The van der Waals surface area contributed by atoms with Gasteiger partial charge in [-0.1, -0.05) is 42.5 Å². The Labute approximate surface area is 145 Å². The normalized spacial score (nSPS) is 11.9. The Kier molecular flexibility index (Phi) is 5.23. The molecular weight excluding hydrogens is 319 g/mol. The third kappa shape index (κ3) is 4.53. The first-order valence-corrected chi connectivity index (χ1v) is 8.17. The Morgan fingerprint density at radius 1 is 1.16 bits per heavy atom. The number of carbonyl (C=O) groups is 1. The van der Waals surface area contributed by atoms with Crippen molar-refractivity contribution in [2.45, 2.75) is 25.8 Å². The van der Waals surface area contributed by atoms with Gasteiger partial charge in [-0.05, 0) is 24.6 Å². The molecule has 0 fully saturated rings. The number of nitrogens with zero attached hydrogens (tertiary/aromatic N) is 1. The van der Waals surface area contributed by atoms with E-state index in [1.54, 1.807) is 18.3 Å². The van der Waals surface area contributed by atoms with Crippen molar-refractivity contribution < 1.29 is 13.6 Å². The van der Waals surface area contributed by atoms with Crippen molar-refractivity contribution in [1.82, 2.24) is 10.3 Å². The van der Waals surface area contributed by atoms with Gasteiger partial charge < -0.3 is 9.73 Å². The third-order valence-electron chi connectivity index (χ3n) is 3.93. The number of amides is 1. The molecule has 0 saturated carbocycles. The fraction of sp³-hybridized carbons (Fsp3) is 0.200. The van der Waals surface area contributed by atoms with Gasteiger partial charge in [-0.15, -0.1) is 0 Å². The van der Waals surface area contributed by atoms with E-state index in [4.69, 9.17) is 4.42 Å². The molecule has 0 aliphatic carbocycles. The molecule has 0 saturated heterocycles. The second kappa shape index (κ2) is 7.75.